The Kier molecular flexibility index (Phi) is 6.13. The summed E-state index contributed by atoms with van der Waals surface area (Å²) in [7, 11) is 0. The summed E-state index contributed by atoms with van der Waals surface area (Å²) in [4.78, 5) is 11.0. The van der Waals surface area contributed by atoms with E-state index in [1.54, 1.807) is 6.92 Å². The van der Waals surface area contributed by atoms with E-state index in [0.717, 1.165) is 12.3 Å². The molecular weight excluding hydrogens is 226 g/mol. The average Bonchev–Trinajstić information content (AvgIpc) is 2.29. The second-order valence-corrected chi connectivity index (χ2v) is 6.47. The van der Waals surface area contributed by atoms with E-state index in [1.165, 1.54) is 44.9 Å². The lowest BCUT2D eigenvalue weighted by Crippen LogP contribution is -2.46. The Bertz CT molecular complexity index is 257. The highest BCUT2D eigenvalue weighted by atomic mass is 16.4. The smallest absolute Gasteiger partial charge is 0.323 e. The summed E-state index contributed by atoms with van der Waals surface area (Å²) in [6.45, 7) is 3.74. The molecule has 0 aromatic rings. The molecule has 2 atom stereocenters. The van der Waals surface area contributed by atoms with Crippen LogP contribution in [-0.2, 0) is 4.79 Å². The molecule has 1 aliphatic carbocycles. The second kappa shape index (κ2) is 7.13. The van der Waals surface area contributed by atoms with Gasteiger partial charge >= 0.3 is 5.97 Å². The van der Waals surface area contributed by atoms with Crippen molar-refractivity contribution in [3.8, 4) is 0 Å². The Morgan fingerprint density at radius 1 is 1.39 bits per heavy atom. The maximum Gasteiger partial charge on any atom is 0.323 e. The second-order valence-electron chi connectivity index (χ2n) is 6.47. The summed E-state index contributed by atoms with van der Waals surface area (Å²) < 4.78 is 0. The van der Waals surface area contributed by atoms with Crippen molar-refractivity contribution in [2.24, 2.45) is 17.6 Å². The highest BCUT2D eigenvalue weighted by Crippen LogP contribution is 2.29. The van der Waals surface area contributed by atoms with Crippen molar-refractivity contribution in [3.63, 3.8) is 0 Å². The zero-order valence-corrected chi connectivity index (χ0v) is 12.0. The molecule has 0 amide bonds. The van der Waals surface area contributed by atoms with Gasteiger partial charge in [-0.15, -0.1) is 0 Å². The SMILES string of the molecule is C[C@@H](CCCC1CCCCC1)C[C@@](C)(N)C(=O)O. The van der Waals surface area contributed by atoms with Crippen LogP contribution in [0.3, 0.4) is 0 Å². The van der Waals surface area contributed by atoms with Gasteiger partial charge in [0.1, 0.15) is 5.54 Å². The number of carboxylic acids is 1. The average molecular weight is 255 g/mol. The van der Waals surface area contributed by atoms with Crippen LogP contribution in [0.4, 0.5) is 0 Å². The first kappa shape index (κ1) is 15.5. The molecule has 3 N–H and O–H groups in total. The lowest BCUT2D eigenvalue weighted by Gasteiger charge is -2.25. The lowest BCUT2D eigenvalue weighted by atomic mass is 9.83. The predicted molar refractivity (Wildman–Crippen MR) is 74.4 cm³/mol. The molecule has 0 aliphatic heterocycles. The Hall–Kier alpha value is -0.570. The zero-order valence-electron chi connectivity index (χ0n) is 12.0. The van der Waals surface area contributed by atoms with Gasteiger partial charge in [-0.25, -0.2) is 0 Å². The molecule has 0 unspecified atom stereocenters. The maximum absolute atomic E-state index is 11.0. The standard InChI is InChI=1S/C15H29NO2/c1-12(11-15(2,16)14(17)18)7-6-10-13-8-4-3-5-9-13/h12-13H,3-11,16H2,1-2H3,(H,17,18)/t12-,15+/m0/s1. The third-order valence-corrected chi connectivity index (χ3v) is 4.30. The van der Waals surface area contributed by atoms with Gasteiger partial charge in [0.05, 0.1) is 0 Å². The van der Waals surface area contributed by atoms with Gasteiger partial charge in [-0.2, -0.15) is 0 Å². The molecule has 0 radical (unpaired) electrons. The fourth-order valence-electron chi connectivity index (χ4n) is 3.14. The van der Waals surface area contributed by atoms with Crippen LogP contribution in [0.1, 0.15) is 71.6 Å². The minimum atomic E-state index is -1.07. The first-order valence-electron chi connectivity index (χ1n) is 7.44. The van der Waals surface area contributed by atoms with Gasteiger partial charge in [0, 0.05) is 0 Å². The van der Waals surface area contributed by atoms with Gasteiger partial charge < -0.3 is 10.8 Å². The first-order valence-corrected chi connectivity index (χ1v) is 7.44. The molecular formula is C15H29NO2. The molecule has 3 heteroatoms. The summed E-state index contributed by atoms with van der Waals surface area (Å²) >= 11 is 0. The van der Waals surface area contributed by atoms with E-state index in [-0.39, 0.29) is 0 Å². The molecule has 0 aromatic heterocycles. The Balaban J connectivity index is 2.16. The van der Waals surface area contributed by atoms with Crippen LogP contribution in [0.5, 0.6) is 0 Å². The third-order valence-electron chi connectivity index (χ3n) is 4.30. The number of hydrogen-bond donors (Lipinski definition) is 2. The summed E-state index contributed by atoms with van der Waals surface area (Å²) in [5, 5.41) is 8.99. The molecule has 1 fully saturated rings. The fraction of sp³-hybridized carbons (Fsp3) is 0.933. The molecule has 0 heterocycles. The van der Waals surface area contributed by atoms with Gasteiger partial charge in [0.15, 0.2) is 0 Å². The zero-order chi connectivity index (χ0) is 13.6. The van der Waals surface area contributed by atoms with E-state index < -0.39 is 11.5 Å². The van der Waals surface area contributed by atoms with E-state index in [4.69, 9.17) is 10.8 Å². The van der Waals surface area contributed by atoms with Crippen molar-refractivity contribution in [2.75, 3.05) is 0 Å². The summed E-state index contributed by atoms with van der Waals surface area (Å²) in [6.07, 6.45) is 11.2. The van der Waals surface area contributed by atoms with Crippen LogP contribution in [0.2, 0.25) is 0 Å². The minimum absolute atomic E-state index is 0.402. The van der Waals surface area contributed by atoms with Crippen molar-refractivity contribution in [3.05, 3.63) is 0 Å². The van der Waals surface area contributed by atoms with E-state index >= 15 is 0 Å². The molecule has 0 aromatic carbocycles. The monoisotopic (exact) mass is 255 g/mol. The van der Waals surface area contributed by atoms with Gasteiger partial charge in [0.25, 0.3) is 0 Å². The highest BCUT2D eigenvalue weighted by molar-refractivity contribution is 5.77. The van der Waals surface area contributed by atoms with Crippen LogP contribution in [0.25, 0.3) is 0 Å². The third kappa shape index (κ3) is 5.38. The van der Waals surface area contributed by atoms with Gasteiger partial charge in [-0.05, 0) is 25.2 Å². The number of nitrogens with two attached hydrogens (primary N) is 1. The highest BCUT2D eigenvalue weighted by Gasteiger charge is 2.29. The molecule has 1 saturated carbocycles. The molecule has 0 spiro atoms. The van der Waals surface area contributed by atoms with E-state index in [2.05, 4.69) is 6.92 Å². The molecule has 1 rings (SSSR count). The van der Waals surface area contributed by atoms with Crippen LogP contribution >= 0.6 is 0 Å². The Morgan fingerprint density at radius 2 is 2.00 bits per heavy atom. The lowest BCUT2D eigenvalue weighted by molar-refractivity contribution is -0.143. The van der Waals surface area contributed by atoms with Crippen LogP contribution < -0.4 is 5.73 Å². The van der Waals surface area contributed by atoms with Gasteiger partial charge in [0.2, 0.25) is 0 Å². The van der Waals surface area contributed by atoms with Crippen molar-refractivity contribution in [1.82, 2.24) is 0 Å². The molecule has 106 valence electrons. The van der Waals surface area contributed by atoms with E-state index in [1.807, 2.05) is 0 Å². The van der Waals surface area contributed by atoms with Crippen LogP contribution in [0, 0.1) is 11.8 Å². The van der Waals surface area contributed by atoms with Gasteiger partial charge in [-0.1, -0.05) is 58.3 Å². The number of carbonyl (C=O) groups is 1. The van der Waals surface area contributed by atoms with Crippen molar-refractivity contribution >= 4 is 5.97 Å². The largest absolute Gasteiger partial charge is 0.480 e. The number of rotatable bonds is 7. The van der Waals surface area contributed by atoms with Gasteiger partial charge in [-0.3, -0.25) is 4.79 Å². The van der Waals surface area contributed by atoms with E-state index in [9.17, 15) is 4.79 Å². The number of aliphatic carboxylic acids is 1. The van der Waals surface area contributed by atoms with Crippen molar-refractivity contribution in [2.45, 2.75) is 77.2 Å². The number of carboxylic acid groups (broad SMARTS) is 1. The van der Waals surface area contributed by atoms with Crippen molar-refractivity contribution < 1.29 is 9.90 Å². The minimum Gasteiger partial charge on any atom is -0.480 e. The quantitative estimate of drug-likeness (QED) is 0.731. The van der Waals surface area contributed by atoms with E-state index in [0.29, 0.717) is 12.3 Å². The molecule has 1 aliphatic rings. The summed E-state index contributed by atoms with van der Waals surface area (Å²) in [5.74, 6) is 0.441. The normalized spacial score (nSPS) is 22.4. The maximum atomic E-state index is 11.0. The molecule has 0 bridgehead atoms. The summed E-state index contributed by atoms with van der Waals surface area (Å²) in [5.41, 5.74) is 4.71. The fourth-order valence-corrected chi connectivity index (χ4v) is 3.14. The predicted octanol–water partition coefficient (Wildman–Crippen LogP) is 3.57. The Morgan fingerprint density at radius 3 is 2.56 bits per heavy atom. The molecule has 0 saturated heterocycles. The first-order chi connectivity index (χ1) is 8.42. The summed E-state index contributed by atoms with van der Waals surface area (Å²) in [6, 6.07) is 0. The van der Waals surface area contributed by atoms with Crippen molar-refractivity contribution in [1.29, 1.82) is 0 Å². The van der Waals surface area contributed by atoms with Crippen LogP contribution in [0.15, 0.2) is 0 Å². The van der Waals surface area contributed by atoms with Crippen LogP contribution in [-0.4, -0.2) is 16.6 Å². The number of hydrogen-bond acceptors (Lipinski definition) is 2. The molecule has 3 nitrogen and oxygen atoms in total. The topological polar surface area (TPSA) is 63.3 Å². The molecule has 18 heavy (non-hydrogen) atoms. The Labute approximate surface area is 111 Å².